The van der Waals surface area contributed by atoms with E-state index in [1.807, 2.05) is 0 Å². The van der Waals surface area contributed by atoms with Gasteiger partial charge in [-0.1, -0.05) is 0 Å². The van der Waals surface area contributed by atoms with E-state index in [-0.39, 0.29) is 26.2 Å². The molecule has 0 saturated carbocycles. The minimum atomic E-state index is -2.00. The molecule has 1 aliphatic heterocycles. The maximum Gasteiger partial charge on any atom is 0.154 e. The molecule has 0 bridgehead atoms. The van der Waals surface area contributed by atoms with Crippen LogP contribution < -0.4 is 0 Å². The maximum absolute atomic E-state index is 9.26. The van der Waals surface area contributed by atoms with Crippen LogP contribution >= 0.6 is 0 Å². The van der Waals surface area contributed by atoms with Crippen molar-refractivity contribution in [3.8, 4) is 0 Å². The first-order chi connectivity index (χ1) is 2.21. The van der Waals surface area contributed by atoms with Crippen LogP contribution in [-0.4, -0.2) is 36.5 Å². The first kappa shape index (κ1) is 6.68. The Hall–Kier alpha value is 0.683. The van der Waals surface area contributed by atoms with Crippen molar-refractivity contribution < 1.29 is 20.3 Å². The van der Waals surface area contributed by atoms with Crippen LogP contribution in [0, 0.1) is 5.21 Å². The molecule has 6 heavy (non-hydrogen) atoms. The summed E-state index contributed by atoms with van der Waals surface area (Å²) in [7, 11) is 0. The summed E-state index contributed by atoms with van der Waals surface area (Å²) in [6.07, 6.45) is 0. The second-order valence-corrected chi connectivity index (χ2v) is 0.618. The Labute approximate surface area is 52.1 Å². The summed E-state index contributed by atoms with van der Waals surface area (Å²) in [6.45, 7) is 0. The zero-order valence-electron chi connectivity index (χ0n) is 2.83. The molecule has 1 aliphatic rings. The summed E-state index contributed by atoms with van der Waals surface area (Å²) >= 11 is 0. The summed E-state index contributed by atoms with van der Waals surface area (Å²) in [5.41, 5.74) is 0. The molecule has 1 rings (SSSR count). The molecule has 0 atom stereocenters. The van der Waals surface area contributed by atoms with E-state index < -0.39 is 5.14 Å². The third-order valence-corrected chi connectivity index (χ3v) is 0.202. The van der Waals surface area contributed by atoms with Gasteiger partial charge in [-0.3, -0.25) is 0 Å². The molecule has 0 aromatic heterocycles. The van der Waals surface area contributed by atoms with Gasteiger partial charge in [0.1, 0.15) is 9.98 Å². The second kappa shape index (κ2) is 1.65. The molecule has 0 aromatic rings. The average molecular weight is 291 g/mol. The average Bonchev–Trinajstić information content (AvgIpc) is 1.76. The van der Waals surface area contributed by atoms with Crippen LogP contribution in [0.15, 0.2) is 0 Å². The van der Waals surface area contributed by atoms with E-state index in [0.29, 0.717) is 0 Å². The SMILES string of the molecule is [BiH3].[O-][N+]1(O)OO1. The molecule has 0 unspecified atom stereocenters. The van der Waals surface area contributed by atoms with Gasteiger partial charge >= 0.3 is 26.2 Å². The Morgan fingerprint density at radius 2 is 1.67 bits per heavy atom. The Kier molecular flexibility index (Phi) is 1.84. The molecule has 0 aromatic carbocycles. The molecule has 1 heterocycles. The van der Waals surface area contributed by atoms with E-state index in [2.05, 4.69) is 9.98 Å². The second-order valence-electron chi connectivity index (χ2n) is 0.618. The molecular formula is H4BiNO4. The van der Waals surface area contributed by atoms with Gasteiger partial charge in [0.25, 0.3) is 0 Å². The molecule has 1 saturated heterocycles. The molecular weight excluding hydrogens is 287 g/mol. The summed E-state index contributed by atoms with van der Waals surface area (Å²) in [6, 6.07) is 0. The zero-order chi connectivity index (χ0) is 3.91. The van der Waals surface area contributed by atoms with E-state index in [1.54, 1.807) is 0 Å². The minimum Gasteiger partial charge on any atom is -0.523 e. The molecule has 0 amide bonds. The van der Waals surface area contributed by atoms with Gasteiger partial charge in [0, 0.05) is 0 Å². The van der Waals surface area contributed by atoms with Crippen molar-refractivity contribution in [1.82, 2.24) is 0 Å². The number of rotatable bonds is 0. The van der Waals surface area contributed by atoms with Crippen molar-refractivity contribution in [2.24, 2.45) is 0 Å². The topological polar surface area (TPSA) is 68.3 Å². The standard InChI is InChI=1S/Bi.HNO4.3H/c;2-1(3)4-5-1;;;/h;2H;;;. The van der Waals surface area contributed by atoms with Crippen molar-refractivity contribution in [3.63, 3.8) is 0 Å². The molecule has 0 aliphatic carbocycles. The predicted molar refractivity (Wildman–Crippen MR) is 17.5 cm³/mol. The van der Waals surface area contributed by atoms with Crippen molar-refractivity contribution >= 4 is 26.2 Å². The number of quaternary nitrogens is 1. The fraction of sp³-hybridized carbons (Fsp3) is 0. The largest absolute Gasteiger partial charge is 0.523 e. The molecule has 1 N–H and O–H groups in total. The summed E-state index contributed by atoms with van der Waals surface area (Å²) in [4.78, 5) is 6.67. The molecule has 5 nitrogen and oxygen atoms in total. The van der Waals surface area contributed by atoms with Crippen molar-refractivity contribution in [2.75, 3.05) is 0 Å². The Morgan fingerprint density at radius 1 is 1.50 bits per heavy atom. The normalized spacial score (nSPS) is 25.0. The van der Waals surface area contributed by atoms with Gasteiger partial charge in [-0.2, -0.15) is 0 Å². The van der Waals surface area contributed by atoms with E-state index in [9.17, 15) is 5.21 Å². The number of hydrogen-bond acceptors (Lipinski definition) is 4. The van der Waals surface area contributed by atoms with E-state index in [0.717, 1.165) is 0 Å². The molecule has 1 fully saturated rings. The van der Waals surface area contributed by atoms with Crippen molar-refractivity contribution in [2.45, 2.75) is 0 Å². The molecule has 0 radical (unpaired) electrons. The zero-order valence-corrected chi connectivity index (χ0v) is 8.32. The van der Waals surface area contributed by atoms with Crippen LogP contribution in [0.25, 0.3) is 0 Å². The monoisotopic (exact) mass is 291 g/mol. The van der Waals surface area contributed by atoms with Gasteiger partial charge in [0.05, 0.1) is 0 Å². The van der Waals surface area contributed by atoms with Gasteiger partial charge in [0.2, 0.25) is 0 Å². The Balaban J connectivity index is 0.000000250. The van der Waals surface area contributed by atoms with E-state index in [4.69, 9.17) is 5.21 Å². The maximum atomic E-state index is 9.26. The Bertz CT molecular complexity index is 45.5. The third-order valence-electron chi connectivity index (χ3n) is 0.202. The van der Waals surface area contributed by atoms with Crippen LogP contribution in [0.3, 0.4) is 0 Å². The number of nitrogens with zero attached hydrogens (tertiary/aromatic N) is 1. The summed E-state index contributed by atoms with van der Waals surface area (Å²) in [5, 5.41) is 14.8. The molecule has 0 spiro atoms. The number of hydrogen-bond donors (Lipinski definition) is 1. The summed E-state index contributed by atoms with van der Waals surface area (Å²) < 4.78 is 0. The van der Waals surface area contributed by atoms with Gasteiger partial charge in [-0.05, 0) is 0 Å². The van der Waals surface area contributed by atoms with Crippen LogP contribution in [0.2, 0.25) is 0 Å². The van der Waals surface area contributed by atoms with Gasteiger partial charge < -0.3 is 5.21 Å². The third kappa shape index (κ3) is 1.97. The van der Waals surface area contributed by atoms with Crippen LogP contribution in [0.5, 0.6) is 0 Å². The molecule has 6 heteroatoms. The van der Waals surface area contributed by atoms with Crippen LogP contribution in [0.1, 0.15) is 0 Å². The minimum absolute atomic E-state index is 0. The fourth-order valence-corrected chi connectivity index (χ4v) is 0.0285. The fourth-order valence-electron chi connectivity index (χ4n) is 0.0285. The first-order valence-electron chi connectivity index (χ1n) is 0.914. The van der Waals surface area contributed by atoms with Crippen LogP contribution in [-0.2, 0) is 9.98 Å². The quantitative estimate of drug-likeness (QED) is 0.190. The predicted octanol–water partition coefficient (Wildman–Crippen LogP) is -1.70. The smallest absolute Gasteiger partial charge is 0.154 e. The van der Waals surface area contributed by atoms with Crippen molar-refractivity contribution in [1.29, 1.82) is 0 Å². The van der Waals surface area contributed by atoms with Crippen LogP contribution in [0.4, 0.5) is 0 Å². The Morgan fingerprint density at radius 3 is 1.67 bits per heavy atom. The molecule has 38 valence electrons. The van der Waals surface area contributed by atoms with E-state index >= 15 is 0 Å². The summed E-state index contributed by atoms with van der Waals surface area (Å²) in [5.74, 6) is 0. The van der Waals surface area contributed by atoms with Gasteiger partial charge in [0.15, 0.2) is 5.14 Å². The first-order valence-corrected chi connectivity index (χ1v) is 0.914. The van der Waals surface area contributed by atoms with Gasteiger partial charge in [-0.15, -0.1) is 5.21 Å². The van der Waals surface area contributed by atoms with Crippen molar-refractivity contribution in [3.05, 3.63) is 5.21 Å². The van der Waals surface area contributed by atoms with Gasteiger partial charge in [-0.25, -0.2) is 0 Å². The van der Waals surface area contributed by atoms with E-state index in [1.165, 1.54) is 0 Å².